The van der Waals surface area contributed by atoms with Crippen molar-refractivity contribution in [3.05, 3.63) is 35.5 Å². The molecule has 0 atom stereocenters. The van der Waals surface area contributed by atoms with Crippen molar-refractivity contribution >= 4 is 0 Å². The predicted octanol–water partition coefficient (Wildman–Crippen LogP) is 1.55. The van der Waals surface area contributed by atoms with Crippen LogP contribution in [0.1, 0.15) is 35.9 Å². The van der Waals surface area contributed by atoms with Gasteiger partial charge in [0, 0.05) is 30.4 Å². The van der Waals surface area contributed by atoms with Crippen LogP contribution in [-0.4, -0.2) is 44.6 Å². The van der Waals surface area contributed by atoms with Gasteiger partial charge in [0.1, 0.15) is 5.76 Å². The van der Waals surface area contributed by atoms with Crippen molar-refractivity contribution in [3.63, 3.8) is 0 Å². The maximum absolute atomic E-state index is 9.08. The molecule has 0 radical (unpaired) electrons. The second kappa shape index (κ2) is 6.41. The van der Waals surface area contributed by atoms with Gasteiger partial charge in [-0.2, -0.15) is 5.10 Å². The SMILES string of the molecule is Cc1cc(CN2CCC(c3ccnn3CCO)CC2)no1. The summed E-state index contributed by atoms with van der Waals surface area (Å²) in [7, 11) is 0. The highest BCUT2D eigenvalue weighted by atomic mass is 16.5. The number of likely N-dealkylation sites (tertiary alicyclic amines) is 1. The molecule has 0 amide bonds. The normalized spacial score (nSPS) is 17.4. The molecule has 1 saturated heterocycles. The number of aromatic nitrogens is 3. The van der Waals surface area contributed by atoms with Crippen molar-refractivity contribution in [2.45, 2.75) is 38.8 Å². The third kappa shape index (κ3) is 3.33. The molecule has 1 fully saturated rings. The van der Waals surface area contributed by atoms with Gasteiger partial charge in [-0.1, -0.05) is 5.16 Å². The zero-order chi connectivity index (χ0) is 14.7. The molecule has 0 bridgehead atoms. The van der Waals surface area contributed by atoms with E-state index in [9.17, 15) is 0 Å². The molecule has 0 aromatic carbocycles. The molecular weight excluding hydrogens is 268 g/mol. The molecule has 1 aliphatic heterocycles. The molecule has 0 unspecified atom stereocenters. The highest BCUT2D eigenvalue weighted by Crippen LogP contribution is 2.28. The minimum atomic E-state index is 0.138. The first-order valence-electron chi connectivity index (χ1n) is 7.53. The number of nitrogens with zero attached hydrogens (tertiary/aromatic N) is 4. The van der Waals surface area contributed by atoms with Gasteiger partial charge in [0.25, 0.3) is 0 Å². The van der Waals surface area contributed by atoms with Crippen molar-refractivity contribution in [2.75, 3.05) is 19.7 Å². The average molecular weight is 290 g/mol. The molecule has 0 spiro atoms. The first-order chi connectivity index (χ1) is 10.3. The van der Waals surface area contributed by atoms with Crippen LogP contribution in [0.4, 0.5) is 0 Å². The van der Waals surface area contributed by atoms with Crippen LogP contribution >= 0.6 is 0 Å². The minimum Gasteiger partial charge on any atom is -0.394 e. The molecule has 3 heterocycles. The maximum Gasteiger partial charge on any atom is 0.133 e. The summed E-state index contributed by atoms with van der Waals surface area (Å²) in [6.45, 7) is 5.62. The Labute approximate surface area is 124 Å². The van der Waals surface area contributed by atoms with Gasteiger partial charge in [-0.05, 0) is 38.9 Å². The lowest BCUT2D eigenvalue weighted by atomic mass is 9.93. The molecule has 1 N–H and O–H groups in total. The Hall–Kier alpha value is -1.66. The first kappa shape index (κ1) is 14.3. The molecule has 3 rings (SSSR count). The number of aliphatic hydroxyl groups excluding tert-OH is 1. The summed E-state index contributed by atoms with van der Waals surface area (Å²) in [5.41, 5.74) is 2.26. The Morgan fingerprint density at radius 2 is 2.19 bits per heavy atom. The molecule has 114 valence electrons. The Balaban J connectivity index is 1.56. The summed E-state index contributed by atoms with van der Waals surface area (Å²) < 4.78 is 7.05. The lowest BCUT2D eigenvalue weighted by Gasteiger charge is -2.31. The number of piperidine rings is 1. The lowest BCUT2D eigenvalue weighted by molar-refractivity contribution is 0.194. The minimum absolute atomic E-state index is 0.138. The largest absolute Gasteiger partial charge is 0.394 e. The molecule has 0 aliphatic carbocycles. The van der Waals surface area contributed by atoms with E-state index in [1.165, 1.54) is 5.69 Å². The van der Waals surface area contributed by atoms with Crippen LogP contribution in [0.3, 0.4) is 0 Å². The number of aryl methyl sites for hydroxylation is 1. The van der Waals surface area contributed by atoms with Crippen LogP contribution in [0, 0.1) is 6.92 Å². The molecule has 1 aliphatic rings. The quantitative estimate of drug-likeness (QED) is 0.905. The number of hydrogen-bond acceptors (Lipinski definition) is 5. The van der Waals surface area contributed by atoms with Gasteiger partial charge < -0.3 is 9.63 Å². The fourth-order valence-corrected chi connectivity index (χ4v) is 3.08. The van der Waals surface area contributed by atoms with Gasteiger partial charge in [0.15, 0.2) is 0 Å². The van der Waals surface area contributed by atoms with Gasteiger partial charge in [0.2, 0.25) is 0 Å². The summed E-state index contributed by atoms with van der Waals surface area (Å²) in [4.78, 5) is 2.42. The summed E-state index contributed by atoms with van der Waals surface area (Å²) in [6.07, 6.45) is 4.07. The standard InChI is InChI=1S/C15H22N4O2/c1-12-10-14(17-21-12)11-18-6-3-13(4-7-18)15-2-5-16-19(15)8-9-20/h2,5,10,13,20H,3-4,6-9,11H2,1H3. The van der Waals surface area contributed by atoms with Crippen molar-refractivity contribution in [1.82, 2.24) is 19.8 Å². The van der Waals surface area contributed by atoms with Crippen molar-refractivity contribution in [2.24, 2.45) is 0 Å². The maximum atomic E-state index is 9.08. The van der Waals surface area contributed by atoms with E-state index in [0.717, 1.165) is 43.9 Å². The second-order valence-corrected chi connectivity index (χ2v) is 5.68. The highest BCUT2D eigenvalue weighted by molar-refractivity contribution is 5.10. The molecule has 2 aromatic heterocycles. The van der Waals surface area contributed by atoms with Crippen LogP contribution in [-0.2, 0) is 13.1 Å². The van der Waals surface area contributed by atoms with Crippen molar-refractivity contribution < 1.29 is 9.63 Å². The lowest BCUT2D eigenvalue weighted by Crippen LogP contribution is -2.33. The third-order valence-electron chi connectivity index (χ3n) is 4.13. The molecule has 6 heteroatoms. The topological polar surface area (TPSA) is 67.3 Å². The molecular formula is C15H22N4O2. The molecule has 2 aromatic rings. The summed E-state index contributed by atoms with van der Waals surface area (Å²) in [5.74, 6) is 1.40. The Kier molecular flexibility index (Phi) is 4.36. The number of aliphatic hydroxyl groups is 1. The van der Waals surface area contributed by atoms with E-state index in [1.807, 2.05) is 23.9 Å². The first-order valence-corrected chi connectivity index (χ1v) is 7.53. The van der Waals surface area contributed by atoms with Crippen molar-refractivity contribution in [1.29, 1.82) is 0 Å². The van der Waals surface area contributed by atoms with Gasteiger partial charge in [-0.3, -0.25) is 9.58 Å². The van der Waals surface area contributed by atoms with Gasteiger partial charge in [-0.25, -0.2) is 0 Å². The van der Waals surface area contributed by atoms with Crippen LogP contribution in [0.15, 0.2) is 22.9 Å². The zero-order valence-corrected chi connectivity index (χ0v) is 12.4. The Bertz CT molecular complexity index is 570. The Morgan fingerprint density at radius 3 is 2.86 bits per heavy atom. The molecule has 21 heavy (non-hydrogen) atoms. The summed E-state index contributed by atoms with van der Waals surface area (Å²) in [5, 5.41) is 17.4. The van der Waals surface area contributed by atoms with Gasteiger partial charge in [0.05, 0.1) is 18.8 Å². The Morgan fingerprint density at radius 1 is 1.38 bits per heavy atom. The zero-order valence-electron chi connectivity index (χ0n) is 12.4. The van der Waals surface area contributed by atoms with Crippen LogP contribution in [0.25, 0.3) is 0 Å². The fraction of sp³-hybridized carbons (Fsp3) is 0.600. The van der Waals surface area contributed by atoms with Crippen LogP contribution in [0.2, 0.25) is 0 Å². The number of rotatable bonds is 5. The van der Waals surface area contributed by atoms with E-state index < -0.39 is 0 Å². The van der Waals surface area contributed by atoms with Crippen molar-refractivity contribution in [3.8, 4) is 0 Å². The van der Waals surface area contributed by atoms with Crippen LogP contribution < -0.4 is 0 Å². The number of hydrogen-bond donors (Lipinski definition) is 1. The van der Waals surface area contributed by atoms with Gasteiger partial charge >= 0.3 is 0 Å². The van der Waals surface area contributed by atoms with E-state index >= 15 is 0 Å². The summed E-state index contributed by atoms with van der Waals surface area (Å²) >= 11 is 0. The van der Waals surface area contributed by atoms with E-state index in [1.54, 1.807) is 0 Å². The highest BCUT2D eigenvalue weighted by Gasteiger charge is 2.23. The predicted molar refractivity (Wildman–Crippen MR) is 77.8 cm³/mol. The van der Waals surface area contributed by atoms with Crippen LogP contribution in [0.5, 0.6) is 0 Å². The average Bonchev–Trinajstić information content (AvgIpc) is 3.10. The molecule has 6 nitrogen and oxygen atoms in total. The summed E-state index contributed by atoms with van der Waals surface area (Å²) in [6, 6.07) is 4.08. The fourth-order valence-electron chi connectivity index (χ4n) is 3.08. The second-order valence-electron chi connectivity index (χ2n) is 5.68. The third-order valence-corrected chi connectivity index (χ3v) is 4.13. The smallest absolute Gasteiger partial charge is 0.133 e. The van der Waals surface area contributed by atoms with E-state index in [-0.39, 0.29) is 6.61 Å². The molecule has 0 saturated carbocycles. The van der Waals surface area contributed by atoms with E-state index in [0.29, 0.717) is 12.5 Å². The monoisotopic (exact) mass is 290 g/mol. The van der Waals surface area contributed by atoms with Gasteiger partial charge in [-0.15, -0.1) is 0 Å². The van der Waals surface area contributed by atoms with E-state index in [4.69, 9.17) is 9.63 Å². The van der Waals surface area contributed by atoms with E-state index in [2.05, 4.69) is 21.2 Å².